The molecule has 0 aliphatic carbocycles. The number of para-hydroxylation sites is 1. The second-order valence-electron chi connectivity index (χ2n) is 3.68. The van der Waals surface area contributed by atoms with Gasteiger partial charge in [0.25, 0.3) is 0 Å². The van der Waals surface area contributed by atoms with Crippen LogP contribution in [-0.2, 0) is 13.2 Å². The number of aromatic nitrogens is 1. The second kappa shape index (κ2) is 5.80. The standard InChI is InChI=1S/C14H12N2O2/c15-8-13-12(5-3-7-16-13)10-18-14-6-2-1-4-11(14)9-17/h1-7,17H,9-10H2. The summed E-state index contributed by atoms with van der Waals surface area (Å²) >= 11 is 0. The number of hydrogen-bond acceptors (Lipinski definition) is 4. The third-order valence-electron chi connectivity index (χ3n) is 2.52. The summed E-state index contributed by atoms with van der Waals surface area (Å²) in [6.07, 6.45) is 1.57. The highest BCUT2D eigenvalue weighted by Gasteiger charge is 2.05. The van der Waals surface area contributed by atoms with Crippen LogP contribution in [0.25, 0.3) is 0 Å². The normalized spacial score (nSPS) is 9.78. The maximum atomic E-state index is 9.17. The van der Waals surface area contributed by atoms with Crippen molar-refractivity contribution in [3.05, 3.63) is 59.4 Å². The van der Waals surface area contributed by atoms with Gasteiger partial charge in [-0.05, 0) is 12.1 Å². The Morgan fingerprint density at radius 3 is 2.72 bits per heavy atom. The van der Waals surface area contributed by atoms with E-state index in [4.69, 9.17) is 10.00 Å². The van der Waals surface area contributed by atoms with Crippen LogP contribution in [0.4, 0.5) is 0 Å². The molecule has 0 aliphatic heterocycles. The number of hydrogen-bond donors (Lipinski definition) is 1. The first kappa shape index (κ1) is 12.1. The molecule has 4 nitrogen and oxygen atoms in total. The molecule has 0 spiro atoms. The molecule has 0 unspecified atom stereocenters. The number of rotatable bonds is 4. The van der Waals surface area contributed by atoms with Crippen molar-refractivity contribution in [3.63, 3.8) is 0 Å². The highest BCUT2D eigenvalue weighted by Crippen LogP contribution is 2.19. The van der Waals surface area contributed by atoms with E-state index < -0.39 is 0 Å². The van der Waals surface area contributed by atoms with Crippen molar-refractivity contribution in [1.82, 2.24) is 4.98 Å². The summed E-state index contributed by atoms with van der Waals surface area (Å²) in [5.41, 5.74) is 1.81. The number of aliphatic hydroxyl groups is 1. The van der Waals surface area contributed by atoms with Gasteiger partial charge in [-0.1, -0.05) is 24.3 Å². The predicted octanol–water partition coefficient (Wildman–Crippen LogP) is 2.02. The van der Waals surface area contributed by atoms with E-state index in [1.165, 1.54) is 0 Å². The van der Waals surface area contributed by atoms with Crippen LogP contribution < -0.4 is 4.74 Å². The largest absolute Gasteiger partial charge is 0.488 e. The third-order valence-corrected chi connectivity index (χ3v) is 2.52. The van der Waals surface area contributed by atoms with Gasteiger partial charge in [-0.25, -0.2) is 4.98 Å². The molecule has 18 heavy (non-hydrogen) atoms. The molecule has 4 heteroatoms. The fourth-order valence-corrected chi connectivity index (χ4v) is 1.59. The summed E-state index contributed by atoms with van der Waals surface area (Å²) in [6, 6.07) is 12.8. The zero-order chi connectivity index (χ0) is 12.8. The van der Waals surface area contributed by atoms with E-state index in [1.54, 1.807) is 30.5 Å². The van der Waals surface area contributed by atoms with Crippen molar-refractivity contribution in [2.24, 2.45) is 0 Å². The van der Waals surface area contributed by atoms with Gasteiger partial charge < -0.3 is 9.84 Å². The van der Waals surface area contributed by atoms with E-state index in [1.807, 2.05) is 18.2 Å². The maximum absolute atomic E-state index is 9.17. The first-order chi connectivity index (χ1) is 8.85. The van der Waals surface area contributed by atoms with E-state index in [0.29, 0.717) is 11.4 Å². The smallest absolute Gasteiger partial charge is 0.147 e. The molecule has 0 aliphatic rings. The molecule has 0 atom stereocenters. The Balaban J connectivity index is 2.14. The molecule has 0 saturated heterocycles. The van der Waals surface area contributed by atoms with E-state index in [2.05, 4.69) is 4.98 Å². The summed E-state index contributed by atoms with van der Waals surface area (Å²) in [5, 5.41) is 18.1. The Kier molecular flexibility index (Phi) is 3.90. The number of nitrogens with zero attached hydrogens (tertiary/aromatic N) is 2. The van der Waals surface area contributed by atoms with E-state index in [9.17, 15) is 5.11 Å². The SMILES string of the molecule is N#Cc1ncccc1COc1ccccc1CO. The fourth-order valence-electron chi connectivity index (χ4n) is 1.59. The number of benzene rings is 1. The van der Waals surface area contributed by atoms with E-state index in [-0.39, 0.29) is 13.2 Å². The lowest BCUT2D eigenvalue weighted by atomic mass is 10.2. The zero-order valence-electron chi connectivity index (χ0n) is 9.71. The Hall–Kier alpha value is -2.38. The molecule has 0 bridgehead atoms. The third kappa shape index (κ3) is 2.65. The molecule has 2 rings (SSSR count). The Labute approximate surface area is 105 Å². The summed E-state index contributed by atoms with van der Waals surface area (Å²) in [4.78, 5) is 3.96. The van der Waals surface area contributed by atoms with Gasteiger partial charge in [0, 0.05) is 17.3 Å². The van der Waals surface area contributed by atoms with Gasteiger partial charge in [0.05, 0.1) is 6.61 Å². The topological polar surface area (TPSA) is 66.1 Å². The summed E-state index contributed by atoms with van der Waals surface area (Å²) < 4.78 is 5.61. The van der Waals surface area contributed by atoms with Gasteiger partial charge in [0.1, 0.15) is 24.1 Å². The van der Waals surface area contributed by atoms with Crippen LogP contribution in [0.1, 0.15) is 16.8 Å². The van der Waals surface area contributed by atoms with Gasteiger partial charge in [-0.15, -0.1) is 0 Å². The minimum Gasteiger partial charge on any atom is -0.488 e. The Morgan fingerprint density at radius 2 is 1.94 bits per heavy atom. The molecule has 1 aromatic carbocycles. The van der Waals surface area contributed by atoms with Crippen molar-refractivity contribution < 1.29 is 9.84 Å². The van der Waals surface area contributed by atoms with Crippen molar-refractivity contribution in [1.29, 1.82) is 5.26 Å². The molecule has 90 valence electrons. The number of pyridine rings is 1. The quantitative estimate of drug-likeness (QED) is 0.887. The molecule has 0 amide bonds. The average Bonchev–Trinajstić information content (AvgIpc) is 2.45. The van der Waals surface area contributed by atoms with Crippen LogP contribution in [0.5, 0.6) is 5.75 Å². The van der Waals surface area contributed by atoms with Gasteiger partial charge in [0.15, 0.2) is 0 Å². The average molecular weight is 240 g/mol. The molecule has 1 heterocycles. The summed E-state index contributed by atoms with van der Waals surface area (Å²) in [5.74, 6) is 0.618. The molecular formula is C14H12N2O2. The molecule has 1 N–H and O–H groups in total. The molecule has 1 aromatic heterocycles. The van der Waals surface area contributed by atoms with E-state index >= 15 is 0 Å². The molecular weight excluding hydrogens is 228 g/mol. The minimum absolute atomic E-state index is 0.0751. The van der Waals surface area contributed by atoms with Crippen molar-refractivity contribution in [2.45, 2.75) is 13.2 Å². The summed E-state index contributed by atoms with van der Waals surface area (Å²) in [7, 11) is 0. The molecule has 2 aromatic rings. The van der Waals surface area contributed by atoms with E-state index in [0.717, 1.165) is 11.1 Å². The zero-order valence-corrected chi connectivity index (χ0v) is 9.71. The molecule has 0 radical (unpaired) electrons. The highest BCUT2D eigenvalue weighted by molar-refractivity contribution is 5.34. The second-order valence-corrected chi connectivity index (χ2v) is 3.68. The van der Waals surface area contributed by atoms with Crippen LogP contribution in [0.15, 0.2) is 42.6 Å². The number of nitriles is 1. The van der Waals surface area contributed by atoms with Crippen LogP contribution in [-0.4, -0.2) is 10.1 Å². The van der Waals surface area contributed by atoms with Crippen molar-refractivity contribution >= 4 is 0 Å². The van der Waals surface area contributed by atoms with Crippen molar-refractivity contribution in [3.8, 4) is 11.8 Å². The number of ether oxygens (including phenoxy) is 1. The molecule has 0 fully saturated rings. The lowest BCUT2D eigenvalue weighted by molar-refractivity contribution is 0.259. The van der Waals surface area contributed by atoms with Crippen LogP contribution in [0.2, 0.25) is 0 Å². The predicted molar refractivity (Wildman–Crippen MR) is 65.6 cm³/mol. The van der Waals surface area contributed by atoms with Gasteiger partial charge in [0.2, 0.25) is 0 Å². The van der Waals surface area contributed by atoms with Crippen LogP contribution in [0, 0.1) is 11.3 Å². The molecule has 0 saturated carbocycles. The van der Waals surface area contributed by atoms with Crippen LogP contribution >= 0.6 is 0 Å². The summed E-state index contributed by atoms with van der Waals surface area (Å²) in [6.45, 7) is 0.183. The Bertz CT molecular complexity index is 576. The Morgan fingerprint density at radius 1 is 1.17 bits per heavy atom. The van der Waals surface area contributed by atoms with Crippen LogP contribution in [0.3, 0.4) is 0 Å². The van der Waals surface area contributed by atoms with Crippen molar-refractivity contribution in [2.75, 3.05) is 0 Å². The highest BCUT2D eigenvalue weighted by atomic mass is 16.5. The fraction of sp³-hybridized carbons (Fsp3) is 0.143. The first-order valence-corrected chi connectivity index (χ1v) is 5.50. The minimum atomic E-state index is -0.0751. The van der Waals surface area contributed by atoms with Gasteiger partial charge >= 0.3 is 0 Å². The lowest BCUT2D eigenvalue weighted by Gasteiger charge is -2.10. The van der Waals surface area contributed by atoms with Gasteiger partial charge in [-0.2, -0.15) is 5.26 Å². The first-order valence-electron chi connectivity index (χ1n) is 5.50. The number of aliphatic hydroxyl groups excluding tert-OH is 1. The lowest BCUT2D eigenvalue weighted by Crippen LogP contribution is -2.01. The van der Waals surface area contributed by atoms with Gasteiger partial charge in [-0.3, -0.25) is 0 Å². The maximum Gasteiger partial charge on any atom is 0.147 e. The monoisotopic (exact) mass is 240 g/mol.